The number of rotatable bonds is 7. The molecule has 2 nitrogen and oxygen atoms in total. The Kier molecular flexibility index (Phi) is 6.64. The van der Waals surface area contributed by atoms with Crippen LogP contribution in [0.1, 0.15) is 71.4 Å². The van der Waals surface area contributed by atoms with Crippen LogP contribution < -0.4 is 0 Å². The Balaban J connectivity index is 2.04. The second kappa shape index (κ2) is 8.51. The second-order valence-corrected chi connectivity index (χ2v) is 7.95. The first kappa shape index (κ1) is 19.5. The number of allylic oxidation sites excluding steroid dienone is 2. The van der Waals surface area contributed by atoms with Crippen molar-refractivity contribution in [2.75, 3.05) is 0 Å². The summed E-state index contributed by atoms with van der Waals surface area (Å²) in [6.07, 6.45) is 8.85. The summed E-state index contributed by atoms with van der Waals surface area (Å²) >= 11 is 0. The van der Waals surface area contributed by atoms with Crippen molar-refractivity contribution in [2.24, 2.45) is 5.10 Å². The minimum absolute atomic E-state index is 0.0339. The molecule has 0 saturated heterocycles. The minimum Gasteiger partial charge on any atom is -0.261 e. The molecule has 1 aliphatic rings. The molecule has 1 aliphatic heterocycles. The molecule has 25 heavy (non-hydrogen) atoms. The van der Waals surface area contributed by atoms with Crippen LogP contribution in [0.4, 0.5) is 0 Å². The first-order chi connectivity index (χ1) is 11.9. The lowest BCUT2D eigenvalue weighted by atomic mass is 9.94. The summed E-state index contributed by atoms with van der Waals surface area (Å²) in [7, 11) is 0. The normalized spacial score (nSPS) is 15.2. The van der Waals surface area contributed by atoms with Gasteiger partial charge in [0.2, 0.25) is 0 Å². The summed E-state index contributed by atoms with van der Waals surface area (Å²) in [5, 5.41) is 6.73. The zero-order valence-corrected chi connectivity index (χ0v) is 16.7. The van der Waals surface area contributed by atoms with Gasteiger partial charge in [0.15, 0.2) is 0 Å². The summed E-state index contributed by atoms with van der Waals surface area (Å²) in [4.78, 5) is 0. The van der Waals surface area contributed by atoms with Gasteiger partial charge in [-0.25, -0.2) is 0 Å². The predicted octanol–water partition coefficient (Wildman–Crippen LogP) is 6.28. The molecule has 1 heterocycles. The van der Waals surface area contributed by atoms with E-state index in [0.717, 1.165) is 25.0 Å². The highest BCUT2D eigenvalue weighted by molar-refractivity contribution is 5.82. The van der Waals surface area contributed by atoms with Gasteiger partial charge < -0.3 is 0 Å². The zero-order valence-electron chi connectivity index (χ0n) is 16.7. The number of benzene rings is 1. The molecule has 0 bridgehead atoms. The van der Waals surface area contributed by atoms with Crippen LogP contribution in [0.5, 0.6) is 0 Å². The molecule has 0 N–H and O–H groups in total. The molecule has 2 rings (SSSR count). The van der Waals surface area contributed by atoms with Crippen LogP contribution in [0.2, 0.25) is 0 Å². The van der Waals surface area contributed by atoms with E-state index in [2.05, 4.69) is 75.6 Å². The lowest BCUT2D eigenvalue weighted by Gasteiger charge is -2.38. The van der Waals surface area contributed by atoms with Crippen LogP contribution in [-0.2, 0) is 12.8 Å². The Morgan fingerprint density at radius 3 is 2.08 bits per heavy atom. The molecule has 2 heteroatoms. The molecule has 0 atom stereocenters. The maximum absolute atomic E-state index is 4.67. The molecule has 136 valence electrons. The number of hydrogen-bond donors (Lipinski definition) is 0. The fourth-order valence-corrected chi connectivity index (χ4v) is 3.35. The van der Waals surface area contributed by atoms with Crippen LogP contribution in [0.15, 0.2) is 52.8 Å². The highest BCUT2D eigenvalue weighted by atomic mass is 15.5. The molecule has 0 aliphatic carbocycles. The van der Waals surface area contributed by atoms with Gasteiger partial charge in [-0.2, -0.15) is 5.10 Å². The average molecular weight is 339 g/mol. The van der Waals surface area contributed by atoms with Crippen LogP contribution in [0, 0.1) is 0 Å². The molecule has 0 radical (unpaired) electrons. The van der Waals surface area contributed by atoms with Crippen molar-refractivity contribution in [2.45, 2.75) is 78.7 Å². The largest absolute Gasteiger partial charge is 0.261 e. The summed E-state index contributed by atoms with van der Waals surface area (Å²) in [5.74, 6) is 0. The van der Waals surface area contributed by atoms with Gasteiger partial charge in [-0.15, -0.1) is 0 Å². The number of hydrogen-bond acceptors (Lipinski definition) is 2. The lowest BCUT2D eigenvalue weighted by Crippen LogP contribution is -2.38. The van der Waals surface area contributed by atoms with E-state index in [4.69, 9.17) is 0 Å². The quantitative estimate of drug-likeness (QED) is 0.571. The second-order valence-electron chi connectivity index (χ2n) is 7.95. The highest BCUT2D eigenvalue weighted by Crippen LogP contribution is 2.31. The summed E-state index contributed by atoms with van der Waals surface area (Å²) < 4.78 is 0. The van der Waals surface area contributed by atoms with Gasteiger partial charge in [-0.05, 0) is 75.1 Å². The van der Waals surface area contributed by atoms with Gasteiger partial charge in [0.05, 0.1) is 17.5 Å². The SMILES string of the molecule is C=C1C(CC)=C(CCc2ccc(CCCC)cc2)C=NN1C(C)(C)C. The van der Waals surface area contributed by atoms with Crippen LogP contribution in [-0.4, -0.2) is 16.8 Å². The smallest absolute Gasteiger partial charge is 0.0563 e. The molecule has 1 aromatic rings. The van der Waals surface area contributed by atoms with Crippen molar-refractivity contribution in [3.63, 3.8) is 0 Å². The number of nitrogens with zero attached hydrogens (tertiary/aromatic N) is 2. The van der Waals surface area contributed by atoms with E-state index in [1.165, 1.54) is 41.5 Å². The third-order valence-electron chi connectivity index (χ3n) is 4.83. The molecule has 0 aromatic heterocycles. The Labute approximate surface area is 154 Å². The van der Waals surface area contributed by atoms with E-state index in [0.29, 0.717) is 0 Å². The third-order valence-corrected chi connectivity index (χ3v) is 4.83. The maximum Gasteiger partial charge on any atom is 0.0563 e. The van der Waals surface area contributed by atoms with Crippen molar-refractivity contribution in [1.82, 2.24) is 5.01 Å². The highest BCUT2D eigenvalue weighted by Gasteiger charge is 2.27. The first-order valence-corrected chi connectivity index (χ1v) is 9.70. The molecule has 0 spiro atoms. The van der Waals surface area contributed by atoms with Crippen LogP contribution >= 0.6 is 0 Å². The Morgan fingerprint density at radius 1 is 0.960 bits per heavy atom. The molecule has 0 fully saturated rings. The van der Waals surface area contributed by atoms with Crippen molar-refractivity contribution in [3.05, 3.63) is 58.8 Å². The van der Waals surface area contributed by atoms with Gasteiger partial charge in [-0.3, -0.25) is 5.01 Å². The molecular formula is C23H34N2. The number of unbranched alkanes of at least 4 members (excludes halogenated alkanes) is 1. The van der Waals surface area contributed by atoms with Crippen molar-refractivity contribution in [3.8, 4) is 0 Å². The van der Waals surface area contributed by atoms with Gasteiger partial charge in [0.25, 0.3) is 0 Å². The summed E-state index contributed by atoms with van der Waals surface area (Å²) in [6.45, 7) is 15.3. The number of aryl methyl sites for hydroxylation is 2. The Bertz CT molecular complexity index is 642. The third kappa shape index (κ3) is 5.07. The lowest BCUT2D eigenvalue weighted by molar-refractivity contribution is 0.196. The molecular weight excluding hydrogens is 304 g/mol. The van der Waals surface area contributed by atoms with Crippen LogP contribution in [0.25, 0.3) is 0 Å². The van der Waals surface area contributed by atoms with Gasteiger partial charge >= 0.3 is 0 Å². The first-order valence-electron chi connectivity index (χ1n) is 9.70. The van der Waals surface area contributed by atoms with Crippen molar-refractivity contribution >= 4 is 6.21 Å². The Hall–Kier alpha value is -1.83. The zero-order chi connectivity index (χ0) is 18.4. The Morgan fingerprint density at radius 2 is 1.56 bits per heavy atom. The topological polar surface area (TPSA) is 15.6 Å². The molecule has 1 aromatic carbocycles. The fourth-order valence-electron chi connectivity index (χ4n) is 3.35. The molecule has 0 saturated carbocycles. The van der Waals surface area contributed by atoms with Gasteiger partial charge in [-0.1, -0.05) is 51.1 Å². The average Bonchev–Trinajstić information content (AvgIpc) is 2.58. The fraction of sp³-hybridized carbons (Fsp3) is 0.522. The van der Waals surface area contributed by atoms with Crippen LogP contribution in [0.3, 0.4) is 0 Å². The molecule has 0 amide bonds. The number of hydrazone groups is 1. The van der Waals surface area contributed by atoms with Gasteiger partial charge in [0.1, 0.15) is 0 Å². The maximum atomic E-state index is 4.67. The predicted molar refractivity (Wildman–Crippen MR) is 110 cm³/mol. The van der Waals surface area contributed by atoms with E-state index >= 15 is 0 Å². The van der Waals surface area contributed by atoms with E-state index in [1.54, 1.807) is 0 Å². The monoisotopic (exact) mass is 338 g/mol. The van der Waals surface area contributed by atoms with E-state index in [-0.39, 0.29) is 5.54 Å². The van der Waals surface area contributed by atoms with Crippen molar-refractivity contribution in [1.29, 1.82) is 0 Å². The standard InChI is InChI=1S/C23H34N2/c1-7-9-10-19-11-13-20(14-12-19)15-16-21-17-24-25(23(4,5)6)18(3)22(21)8-2/h11-14,17H,3,7-10,15-16H2,1-2,4-6H3. The van der Waals surface area contributed by atoms with Gasteiger partial charge in [0, 0.05) is 0 Å². The summed E-state index contributed by atoms with van der Waals surface area (Å²) in [5.41, 5.74) is 6.57. The van der Waals surface area contributed by atoms with E-state index < -0.39 is 0 Å². The minimum atomic E-state index is -0.0339. The van der Waals surface area contributed by atoms with Crippen molar-refractivity contribution < 1.29 is 0 Å². The molecule has 0 unspecified atom stereocenters. The van der Waals surface area contributed by atoms with E-state index in [1.807, 2.05) is 6.21 Å². The van der Waals surface area contributed by atoms with E-state index in [9.17, 15) is 0 Å². The summed E-state index contributed by atoms with van der Waals surface area (Å²) in [6, 6.07) is 9.14.